The van der Waals surface area contributed by atoms with Gasteiger partial charge < -0.3 is 10.7 Å². The number of primary amides is 1. The summed E-state index contributed by atoms with van der Waals surface area (Å²) >= 11 is 0. The van der Waals surface area contributed by atoms with E-state index in [1.165, 1.54) is 0 Å². The van der Waals surface area contributed by atoms with Crippen LogP contribution in [0.25, 0.3) is 33.5 Å². The molecule has 128 valence electrons. The van der Waals surface area contributed by atoms with E-state index in [-0.39, 0.29) is 0 Å². The van der Waals surface area contributed by atoms with Gasteiger partial charge in [0, 0.05) is 28.2 Å². The molecule has 0 spiro atoms. The maximum Gasteiger partial charge on any atom is 0.252 e. The number of nitrogens with two attached hydrogens (primary N) is 1. The second kappa shape index (κ2) is 6.11. The summed E-state index contributed by atoms with van der Waals surface area (Å²) in [4.78, 5) is 24.5. The van der Waals surface area contributed by atoms with Gasteiger partial charge in [0.05, 0.1) is 17.0 Å². The Morgan fingerprint density at radius 1 is 1.00 bits per heavy atom. The van der Waals surface area contributed by atoms with Gasteiger partial charge in [-0.25, -0.2) is 9.97 Å². The third-order valence-corrected chi connectivity index (χ3v) is 4.44. The standard InChI is InChI=1S/C21H18N4O/c1-12-4-3-5-16(10-12)21-24-13(2)18(20(22)26)19(25-21)15-6-7-17-14(11-15)8-9-23-17/h3-11,23H,1-2H3,(H2,22,26). The van der Waals surface area contributed by atoms with E-state index < -0.39 is 5.91 Å². The predicted molar refractivity (Wildman–Crippen MR) is 103 cm³/mol. The number of carbonyl (C=O) groups is 1. The Labute approximate surface area is 150 Å². The fourth-order valence-electron chi connectivity index (χ4n) is 3.19. The molecule has 0 radical (unpaired) electrons. The third-order valence-electron chi connectivity index (χ3n) is 4.44. The van der Waals surface area contributed by atoms with Gasteiger partial charge in [0.2, 0.25) is 0 Å². The van der Waals surface area contributed by atoms with E-state index in [2.05, 4.69) is 9.97 Å². The van der Waals surface area contributed by atoms with Crippen molar-refractivity contribution >= 4 is 16.8 Å². The molecule has 0 aliphatic carbocycles. The molecule has 0 saturated carbocycles. The number of aryl methyl sites for hydroxylation is 2. The highest BCUT2D eigenvalue weighted by molar-refractivity contribution is 6.01. The molecule has 26 heavy (non-hydrogen) atoms. The number of benzene rings is 2. The highest BCUT2D eigenvalue weighted by Gasteiger charge is 2.19. The molecular formula is C21H18N4O. The van der Waals surface area contributed by atoms with Gasteiger partial charge in [-0.3, -0.25) is 4.79 Å². The van der Waals surface area contributed by atoms with Crippen LogP contribution in [0.1, 0.15) is 21.6 Å². The summed E-state index contributed by atoms with van der Waals surface area (Å²) < 4.78 is 0. The second-order valence-electron chi connectivity index (χ2n) is 6.37. The fraction of sp³-hybridized carbons (Fsp3) is 0.0952. The summed E-state index contributed by atoms with van der Waals surface area (Å²) in [5.41, 5.74) is 11.0. The van der Waals surface area contributed by atoms with Crippen molar-refractivity contribution in [1.82, 2.24) is 15.0 Å². The lowest BCUT2D eigenvalue weighted by atomic mass is 10.0. The number of rotatable bonds is 3. The van der Waals surface area contributed by atoms with Crippen LogP contribution >= 0.6 is 0 Å². The van der Waals surface area contributed by atoms with Crippen LogP contribution in [-0.2, 0) is 0 Å². The maximum atomic E-state index is 12.1. The van der Waals surface area contributed by atoms with Crippen LogP contribution < -0.4 is 5.73 Å². The molecule has 3 N–H and O–H groups in total. The van der Waals surface area contributed by atoms with Crippen molar-refractivity contribution in [1.29, 1.82) is 0 Å². The van der Waals surface area contributed by atoms with E-state index in [4.69, 9.17) is 10.7 Å². The Morgan fingerprint density at radius 3 is 2.62 bits per heavy atom. The van der Waals surface area contributed by atoms with Gasteiger partial charge in [-0.05, 0) is 38.1 Å². The van der Waals surface area contributed by atoms with Gasteiger partial charge in [-0.15, -0.1) is 0 Å². The number of nitrogens with zero attached hydrogens (tertiary/aromatic N) is 2. The molecule has 0 aliphatic heterocycles. The first-order valence-corrected chi connectivity index (χ1v) is 8.36. The van der Waals surface area contributed by atoms with E-state index in [0.717, 1.165) is 27.6 Å². The smallest absolute Gasteiger partial charge is 0.252 e. The number of hydrogen-bond acceptors (Lipinski definition) is 3. The molecule has 0 bridgehead atoms. The summed E-state index contributed by atoms with van der Waals surface area (Å²) in [5, 5.41) is 1.05. The lowest BCUT2D eigenvalue weighted by Crippen LogP contribution is -2.17. The molecule has 0 fully saturated rings. The molecule has 2 aromatic heterocycles. The zero-order valence-corrected chi connectivity index (χ0v) is 14.6. The van der Waals surface area contributed by atoms with Gasteiger partial charge in [-0.1, -0.05) is 29.8 Å². The molecule has 0 saturated heterocycles. The first-order chi connectivity index (χ1) is 12.5. The molecule has 5 nitrogen and oxygen atoms in total. The van der Waals surface area contributed by atoms with E-state index in [1.807, 2.05) is 61.7 Å². The average molecular weight is 342 g/mol. The lowest BCUT2D eigenvalue weighted by molar-refractivity contribution is 0.0999. The number of nitrogens with one attached hydrogen (secondary N) is 1. The zero-order valence-electron chi connectivity index (χ0n) is 14.6. The van der Waals surface area contributed by atoms with Crippen molar-refractivity contribution in [2.75, 3.05) is 0 Å². The molecule has 5 heteroatoms. The highest BCUT2D eigenvalue weighted by atomic mass is 16.1. The first-order valence-electron chi connectivity index (χ1n) is 8.36. The van der Waals surface area contributed by atoms with Crippen molar-refractivity contribution in [2.24, 2.45) is 5.73 Å². The highest BCUT2D eigenvalue weighted by Crippen LogP contribution is 2.29. The van der Waals surface area contributed by atoms with Crippen molar-refractivity contribution in [3.63, 3.8) is 0 Å². The SMILES string of the molecule is Cc1cccc(-c2nc(C)c(C(N)=O)c(-c3ccc4[nH]ccc4c3)n2)c1. The lowest BCUT2D eigenvalue weighted by Gasteiger charge is -2.12. The van der Waals surface area contributed by atoms with Crippen molar-refractivity contribution in [3.8, 4) is 22.6 Å². The quantitative estimate of drug-likeness (QED) is 0.590. The number of H-pyrrole nitrogens is 1. The van der Waals surface area contributed by atoms with Gasteiger partial charge in [0.15, 0.2) is 5.82 Å². The van der Waals surface area contributed by atoms with Crippen LogP contribution in [0.3, 0.4) is 0 Å². The van der Waals surface area contributed by atoms with Crippen LogP contribution in [0.5, 0.6) is 0 Å². The minimum absolute atomic E-state index is 0.358. The van der Waals surface area contributed by atoms with Gasteiger partial charge in [0.1, 0.15) is 0 Å². The van der Waals surface area contributed by atoms with Crippen molar-refractivity contribution in [3.05, 3.63) is 71.5 Å². The number of fused-ring (bicyclic) bond motifs is 1. The monoisotopic (exact) mass is 342 g/mol. The number of carbonyl (C=O) groups excluding carboxylic acids is 1. The molecular weight excluding hydrogens is 324 g/mol. The largest absolute Gasteiger partial charge is 0.365 e. The summed E-state index contributed by atoms with van der Waals surface area (Å²) in [7, 11) is 0. The Hall–Kier alpha value is -3.47. The minimum Gasteiger partial charge on any atom is -0.365 e. The van der Waals surface area contributed by atoms with Crippen LogP contribution in [0.2, 0.25) is 0 Å². The molecule has 4 rings (SSSR count). The van der Waals surface area contributed by atoms with Crippen molar-refractivity contribution < 1.29 is 4.79 Å². The molecule has 0 atom stereocenters. The number of aromatic amines is 1. The van der Waals surface area contributed by atoms with E-state index in [1.54, 1.807) is 6.92 Å². The zero-order chi connectivity index (χ0) is 18.3. The topological polar surface area (TPSA) is 84.7 Å². The Balaban J connectivity index is 1.97. The Morgan fingerprint density at radius 2 is 1.85 bits per heavy atom. The Kier molecular flexibility index (Phi) is 3.77. The van der Waals surface area contributed by atoms with Crippen LogP contribution in [-0.4, -0.2) is 20.9 Å². The number of amides is 1. The van der Waals surface area contributed by atoms with Crippen LogP contribution in [0.15, 0.2) is 54.7 Å². The second-order valence-corrected chi connectivity index (χ2v) is 6.37. The van der Waals surface area contributed by atoms with E-state index in [0.29, 0.717) is 22.8 Å². The molecule has 4 aromatic rings. The molecule has 2 aromatic carbocycles. The minimum atomic E-state index is -0.526. The van der Waals surface area contributed by atoms with Crippen LogP contribution in [0.4, 0.5) is 0 Å². The molecule has 2 heterocycles. The molecule has 1 amide bonds. The number of aromatic nitrogens is 3. The predicted octanol–water partition coefficient (Wildman–Crippen LogP) is 4.01. The first kappa shape index (κ1) is 16.0. The summed E-state index contributed by atoms with van der Waals surface area (Å²) in [6.45, 7) is 3.81. The summed E-state index contributed by atoms with van der Waals surface area (Å²) in [6, 6.07) is 15.9. The van der Waals surface area contributed by atoms with Gasteiger partial charge >= 0.3 is 0 Å². The van der Waals surface area contributed by atoms with Gasteiger partial charge in [-0.2, -0.15) is 0 Å². The van der Waals surface area contributed by atoms with E-state index >= 15 is 0 Å². The fourth-order valence-corrected chi connectivity index (χ4v) is 3.19. The van der Waals surface area contributed by atoms with Crippen molar-refractivity contribution in [2.45, 2.75) is 13.8 Å². The maximum absolute atomic E-state index is 12.1. The third kappa shape index (κ3) is 2.73. The number of hydrogen-bond donors (Lipinski definition) is 2. The van der Waals surface area contributed by atoms with Gasteiger partial charge in [0.25, 0.3) is 5.91 Å². The summed E-state index contributed by atoms with van der Waals surface area (Å²) in [6.07, 6.45) is 1.88. The molecule has 0 aliphatic rings. The Bertz CT molecular complexity index is 1140. The van der Waals surface area contributed by atoms with Crippen LogP contribution in [0, 0.1) is 13.8 Å². The average Bonchev–Trinajstić information content (AvgIpc) is 3.08. The normalized spacial score (nSPS) is 11.0. The summed E-state index contributed by atoms with van der Waals surface area (Å²) in [5.74, 6) is 0.0582. The van der Waals surface area contributed by atoms with E-state index in [9.17, 15) is 4.79 Å². The molecule has 0 unspecified atom stereocenters.